The van der Waals surface area contributed by atoms with Crippen LogP contribution in [0.25, 0.3) is 0 Å². The molecule has 3 rings (SSSR count). The molecule has 0 atom stereocenters. The molecule has 0 saturated carbocycles. The summed E-state index contributed by atoms with van der Waals surface area (Å²) in [5.74, 6) is -0.644. The van der Waals surface area contributed by atoms with Gasteiger partial charge in [-0.2, -0.15) is 0 Å². The molecule has 2 aromatic carbocycles. The topological polar surface area (TPSA) is 32.3 Å². The lowest BCUT2D eigenvalue weighted by atomic mass is 10.1. The lowest BCUT2D eigenvalue weighted by molar-refractivity contribution is -0.120. The highest BCUT2D eigenvalue weighted by molar-refractivity contribution is 6.30. The quantitative estimate of drug-likeness (QED) is 0.846. The molecular formula is C20H22ClFN2O. The Kier molecular flexibility index (Phi) is 6.05. The van der Waals surface area contributed by atoms with Gasteiger partial charge in [-0.25, -0.2) is 4.39 Å². The zero-order valence-corrected chi connectivity index (χ0v) is 14.9. The molecule has 1 heterocycles. The average Bonchev–Trinajstić information content (AvgIpc) is 3.10. The molecule has 1 amide bonds. The van der Waals surface area contributed by atoms with Gasteiger partial charge >= 0.3 is 0 Å². The Bertz CT molecular complexity index is 744. The maximum atomic E-state index is 13.8. The summed E-state index contributed by atoms with van der Waals surface area (Å²) in [5, 5.41) is 3.23. The molecule has 0 spiro atoms. The van der Waals surface area contributed by atoms with E-state index in [-0.39, 0.29) is 12.3 Å². The third-order valence-corrected chi connectivity index (χ3v) is 4.79. The molecule has 0 radical (unpaired) electrons. The number of carbonyl (C=O) groups excluding carboxylic acids is 1. The molecule has 0 unspecified atom stereocenters. The van der Waals surface area contributed by atoms with Crippen LogP contribution in [-0.2, 0) is 24.3 Å². The highest BCUT2D eigenvalue weighted by Crippen LogP contribution is 2.17. The first-order valence-corrected chi connectivity index (χ1v) is 8.99. The number of hydrogen-bond acceptors (Lipinski definition) is 2. The second-order valence-corrected chi connectivity index (χ2v) is 6.88. The number of nitrogens with one attached hydrogen (secondary N) is 1. The minimum Gasteiger partial charge on any atom is -0.352 e. The van der Waals surface area contributed by atoms with Crippen molar-refractivity contribution in [3.63, 3.8) is 0 Å². The maximum Gasteiger partial charge on any atom is 0.224 e. The summed E-state index contributed by atoms with van der Waals surface area (Å²) in [6.45, 7) is 3.64. The van der Waals surface area contributed by atoms with Crippen LogP contribution in [0, 0.1) is 5.82 Å². The largest absolute Gasteiger partial charge is 0.352 e. The van der Waals surface area contributed by atoms with E-state index in [2.05, 4.69) is 16.3 Å². The van der Waals surface area contributed by atoms with Gasteiger partial charge in [0.15, 0.2) is 0 Å². The predicted octanol–water partition coefficient (Wildman–Crippen LogP) is 3.93. The zero-order valence-electron chi connectivity index (χ0n) is 14.1. The number of benzene rings is 2. The molecule has 3 nitrogen and oxygen atoms in total. The van der Waals surface area contributed by atoms with Crippen molar-refractivity contribution in [2.45, 2.75) is 32.4 Å². The van der Waals surface area contributed by atoms with Crippen molar-refractivity contribution in [1.82, 2.24) is 10.2 Å². The van der Waals surface area contributed by atoms with Crippen LogP contribution < -0.4 is 5.32 Å². The lowest BCUT2D eigenvalue weighted by Crippen LogP contribution is -2.26. The van der Waals surface area contributed by atoms with Gasteiger partial charge in [-0.05, 0) is 54.8 Å². The van der Waals surface area contributed by atoms with Crippen LogP contribution in [0.3, 0.4) is 0 Å². The molecule has 0 aromatic heterocycles. The van der Waals surface area contributed by atoms with Crippen molar-refractivity contribution in [1.29, 1.82) is 0 Å². The molecule has 1 fully saturated rings. The molecular weight excluding hydrogens is 339 g/mol. The average molecular weight is 361 g/mol. The summed E-state index contributed by atoms with van der Waals surface area (Å²) in [5.41, 5.74) is 2.70. The highest BCUT2D eigenvalue weighted by Gasteiger charge is 2.14. The molecule has 1 saturated heterocycles. The molecule has 0 aliphatic carbocycles. The van der Waals surface area contributed by atoms with Crippen LogP contribution in [0.15, 0.2) is 42.5 Å². The number of hydrogen-bond donors (Lipinski definition) is 1. The van der Waals surface area contributed by atoms with E-state index < -0.39 is 5.82 Å². The van der Waals surface area contributed by atoms with Gasteiger partial charge in [0, 0.05) is 18.1 Å². The number of likely N-dealkylation sites (tertiary alicyclic amines) is 1. The van der Waals surface area contributed by atoms with Gasteiger partial charge in [0.25, 0.3) is 0 Å². The number of rotatable bonds is 6. The smallest absolute Gasteiger partial charge is 0.224 e. The fraction of sp³-hybridized carbons (Fsp3) is 0.350. The zero-order chi connectivity index (χ0) is 17.6. The van der Waals surface area contributed by atoms with Gasteiger partial charge in [0.2, 0.25) is 5.91 Å². The Morgan fingerprint density at radius 2 is 1.80 bits per heavy atom. The summed E-state index contributed by atoms with van der Waals surface area (Å²) in [6, 6.07) is 12.5. The Morgan fingerprint density at radius 3 is 2.52 bits per heavy atom. The second-order valence-electron chi connectivity index (χ2n) is 6.44. The fourth-order valence-electron chi connectivity index (χ4n) is 3.16. The van der Waals surface area contributed by atoms with Gasteiger partial charge < -0.3 is 5.32 Å². The van der Waals surface area contributed by atoms with E-state index in [1.54, 1.807) is 12.1 Å². The standard InChI is InChI=1S/C20H22ClFN2O/c21-18-8-7-15(19(22)12-18)11-20(25)23-13-16-5-1-2-6-17(16)14-24-9-3-4-10-24/h1-2,5-8,12H,3-4,9-11,13-14H2,(H,23,25). The van der Waals surface area contributed by atoms with E-state index in [9.17, 15) is 9.18 Å². The van der Waals surface area contributed by atoms with E-state index in [4.69, 9.17) is 11.6 Å². The molecule has 132 valence electrons. The Balaban J connectivity index is 1.58. The molecule has 0 bridgehead atoms. The van der Waals surface area contributed by atoms with E-state index >= 15 is 0 Å². The minimum atomic E-state index is -0.447. The first-order chi connectivity index (χ1) is 12.1. The normalized spacial score (nSPS) is 14.6. The first-order valence-electron chi connectivity index (χ1n) is 8.61. The van der Waals surface area contributed by atoms with Crippen LogP contribution in [0.5, 0.6) is 0 Å². The highest BCUT2D eigenvalue weighted by atomic mass is 35.5. The Hall–Kier alpha value is -1.91. The third-order valence-electron chi connectivity index (χ3n) is 4.55. The SMILES string of the molecule is O=C(Cc1ccc(Cl)cc1F)NCc1ccccc1CN1CCCC1. The van der Waals surface area contributed by atoms with Gasteiger partial charge in [0.1, 0.15) is 5.82 Å². The second kappa shape index (κ2) is 8.45. The Morgan fingerprint density at radius 1 is 1.08 bits per heavy atom. The molecule has 5 heteroatoms. The van der Waals surface area contributed by atoms with E-state index in [1.165, 1.54) is 24.5 Å². The summed E-state index contributed by atoms with van der Waals surface area (Å²) < 4.78 is 13.8. The number of amides is 1. The van der Waals surface area contributed by atoms with Gasteiger partial charge in [-0.3, -0.25) is 9.69 Å². The molecule has 1 N–H and O–H groups in total. The van der Waals surface area contributed by atoms with E-state index in [0.29, 0.717) is 17.1 Å². The van der Waals surface area contributed by atoms with Crippen molar-refractivity contribution in [3.05, 3.63) is 70.0 Å². The van der Waals surface area contributed by atoms with Crippen molar-refractivity contribution in [2.75, 3.05) is 13.1 Å². The van der Waals surface area contributed by atoms with Crippen LogP contribution in [0.4, 0.5) is 4.39 Å². The van der Waals surface area contributed by atoms with Crippen LogP contribution in [0.1, 0.15) is 29.5 Å². The van der Waals surface area contributed by atoms with Gasteiger partial charge in [-0.15, -0.1) is 0 Å². The lowest BCUT2D eigenvalue weighted by Gasteiger charge is -2.17. The third kappa shape index (κ3) is 5.03. The van der Waals surface area contributed by atoms with Crippen molar-refractivity contribution < 1.29 is 9.18 Å². The van der Waals surface area contributed by atoms with E-state index in [0.717, 1.165) is 25.2 Å². The van der Waals surface area contributed by atoms with Gasteiger partial charge in [0.05, 0.1) is 6.42 Å². The monoisotopic (exact) mass is 360 g/mol. The summed E-state index contributed by atoms with van der Waals surface area (Å²) >= 11 is 5.74. The molecule has 1 aliphatic rings. The maximum absolute atomic E-state index is 13.8. The van der Waals surface area contributed by atoms with Crippen LogP contribution in [-0.4, -0.2) is 23.9 Å². The summed E-state index contributed by atoms with van der Waals surface area (Å²) in [4.78, 5) is 14.6. The molecule has 2 aromatic rings. The van der Waals surface area contributed by atoms with Gasteiger partial charge in [-0.1, -0.05) is 41.9 Å². The van der Waals surface area contributed by atoms with Crippen molar-refractivity contribution in [3.8, 4) is 0 Å². The number of nitrogens with zero attached hydrogens (tertiary/aromatic N) is 1. The summed E-state index contributed by atoms with van der Waals surface area (Å²) in [6.07, 6.45) is 2.52. The van der Waals surface area contributed by atoms with Crippen LogP contribution >= 0.6 is 11.6 Å². The molecule has 1 aliphatic heterocycles. The molecule has 25 heavy (non-hydrogen) atoms. The summed E-state index contributed by atoms with van der Waals surface area (Å²) in [7, 11) is 0. The van der Waals surface area contributed by atoms with Crippen molar-refractivity contribution in [2.24, 2.45) is 0 Å². The fourth-order valence-corrected chi connectivity index (χ4v) is 3.32. The van der Waals surface area contributed by atoms with Crippen molar-refractivity contribution >= 4 is 17.5 Å². The predicted molar refractivity (Wildman–Crippen MR) is 97.9 cm³/mol. The first kappa shape index (κ1) is 17.9. The van der Waals surface area contributed by atoms with E-state index in [1.807, 2.05) is 18.2 Å². The minimum absolute atomic E-state index is 0.0112. The number of halogens is 2. The van der Waals surface area contributed by atoms with Crippen LogP contribution in [0.2, 0.25) is 5.02 Å². The number of carbonyl (C=O) groups is 1. The Labute approximate surface area is 152 Å².